The average Bonchev–Trinajstić information content (AvgIpc) is 2.24. The molecule has 0 fully saturated rings. The third-order valence-corrected chi connectivity index (χ3v) is 3.20. The van der Waals surface area contributed by atoms with Crippen LogP contribution in [-0.2, 0) is 0 Å². The summed E-state index contributed by atoms with van der Waals surface area (Å²) in [5, 5.41) is 2.94. The predicted molar refractivity (Wildman–Crippen MR) is 71.8 cm³/mol. The number of carbonyl (C=O) groups excluding carboxylic acids is 1. The van der Waals surface area contributed by atoms with Crippen LogP contribution in [0.3, 0.4) is 0 Å². The minimum atomic E-state index is -0.0617. The van der Waals surface area contributed by atoms with Crippen molar-refractivity contribution in [3.63, 3.8) is 0 Å². The van der Waals surface area contributed by atoms with E-state index in [-0.39, 0.29) is 11.3 Å². The normalized spacial score (nSPS) is 13.2. The Labute approximate surface area is 103 Å². The van der Waals surface area contributed by atoms with Gasteiger partial charge in [0.2, 0.25) is 0 Å². The summed E-state index contributed by atoms with van der Waals surface area (Å²) >= 11 is 0. The van der Waals surface area contributed by atoms with E-state index in [4.69, 9.17) is 5.73 Å². The van der Waals surface area contributed by atoms with Crippen LogP contribution in [0, 0.1) is 11.3 Å². The van der Waals surface area contributed by atoms with Crippen LogP contribution in [0.1, 0.15) is 38.1 Å². The van der Waals surface area contributed by atoms with Crippen LogP contribution in [0.2, 0.25) is 0 Å². The van der Waals surface area contributed by atoms with E-state index < -0.39 is 0 Å². The summed E-state index contributed by atoms with van der Waals surface area (Å²) in [5.41, 5.74) is 7.07. The van der Waals surface area contributed by atoms with Crippen LogP contribution in [0.4, 0.5) is 5.69 Å². The SMILES string of the molecule is CC(CNC(=O)c1cccc(N)c1)C(C)(C)C. The standard InChI is InChI=1S/C14H22N2O/c1-10(14(2,3)4)9-16-13(17)11-6-5-7-12(15)8-11/h5-8,10H,9,15H2,1-4H3,(H,16,17). The smallest absolute Gasteiger partial charge is 0.251 e. The summed E-state index contributed by atoms with van der Waals surface area (Å²) in [4.78, 5) is 11.9. The van der Waals surface area contributed by atoms with Crippen LogP contribution in [0.15, 0.2) is 24.3 Å². The van der Waals surface area contributed by atoms with Gasteiger partial charge in [0.1, 0.15) is 0 Å². The highest BCUT2D eigenvalue weighted by Gasteiger charge is 2.20. The molecular formula is C14H22N2O. The zero-order chi connectivity index (χ0) is 13.1. The molecule has 0 aliphatic carbocycles. The van der Waals surface area contributed by atoms with E-state index in [2.05, 4.69) is 33.0 Å². The van der Waals surface area contributed by atoms with Gasteiger partial charge in [0.15, 0.2) is 0 Å². The Bertz CT molecular complexity index is 393. The van der Waals surface area contributed by atoms with Crippen molar-refractivity contribution in [3.8, 4) is 0 Å². The maximum absolute atomic E-state index is 11.9. The number of rotatable bonds is 3. The molecule has 94 valence electrons. The number of amides is 1. The fraction of sp³-hybridized carbons (Fsp3) is 0.500. The third kappa shape index (κ3) is 4.10. The highest BCUT2D eigenvalue weighted by atomic mass is 16.1. The molecule has 0 radical (unpaired) electrons. The zero-order valence-corrected chi connectivity index (χ0v) is 11.1. The van der Waals surface area contributed by atoms with Crippen molar-refractivity contribution < 1.29 is 4.79 Å². The molecule has 0 saturated carbocycles. The Morgan fingerprint density at radius 2 is 2.06 bits per heavy atom. The molecule has 17 heavy (non-hydrogen) atoms. The first-order valence-electron chi connectivity index (χ1n) is 5.94. The number of nitrogen functional groups attached to an aromatic ring is 1. The van der Waals surface area contributed by atoms with Gasteiger partial charge in [0, 0.05) is 17.8 Å². The summed E-state index contributed by atoms with van der Waals surface area (Å²) in [7, 11) is 0. The van der Waals surface area contributed by atoms with Gasteiger partial charge in [-0.15, -0.1) is 0 Å². The quantitative estimate of drug-likeness (QED) is 0.790. The first-order valence-corrected chi connectivity index (χ1v) is 5.94. The Hall–Kier alpha value is -1.51. The van der Waals surface area contributed by atoms with Gasteiger partial charge >= 0.3 is 0 Å². The lowest BCUT2D eigenvalue weighted by Gasteiger charge is -2.27. The first kappa shape index (κ1) is 13.6. The number of benzene rings is 1. The van der Waals surface area contributed by atoms with Crippen LogP contribution in [0.25, 0.3) is 0 Å². The number of nitrogens with one attached hydrogen (secondary N) is 1. The molecule has 1 atom stereocenters. The lowest BCUT2D eigenvalue weighted by Crippen LogP contribution is -2.33. The van der Waals surface area contributed by atoms with Crippen molar-refractivity contribution in [3.05, 3.63) is 29.8 Å². The Kier molecular flexibility index (Phi) is 4.16. The first-order chi connectivity index (χ1) is 7.80. The second-order valence-corrected chi connectivity index (χ2v) is 5.60. The minimum absolute atomic E-state index is 0.0617. The Morgan fingerprint density at radius 1 is 1.41 bits per heavy atom. The molecule has 1 rings (SSSR count). The third-order valence-electron chi connectivity index (χ3n) is 3.20. The summed E-state index contributed by atoms with van der Waals surface area (Å²) in [6, 6.07) is 7.02. The Balaban J connectivity index is 2.57. The van der Waals surface area contributed by atoms with Crippen molar-refractivity contribution in [2.75, 3.05) is 12.3 Å². The lowest BCUT2D eigenvalue weighted by atomic mass is 9.82. The van der Waals surface area contributed by atoms with E-state index in [1.54, 1.807) is 24.3 Å². The van der Waals surface area contributed by atoms with Crippen LogP contribution < -0.4 is 11.1 Å². The molecule has 0 spiro atoms. The fourth-order valence-electron chi connectivity index (χ4n) is 1.33. The van der Waals surface area contributed by atoms with E-state index in [1.807, 2.05) is 0 Å². The molecule has 0 aliphatic heterocycles. The molecule has 3 nitrogen and oxygen atoms in total. The molecule has 0 saturated heterocycles. The van der Waals surface area contributed by atoms with Crippen LogP contribution in [-0.4, -0.2) is 12.5 Å². The zero-order valence-electron chi connectivity index (χ0n) is 11.1. The van der Waals surface area contributed by atoms with Crippen molar-refractivity contribution in [1.29, 1.82) is 0 Å². The molecule has 0 aromatic heterocycles. The van der Waals surface area contributed by atoms with Crippen molar-refractivity contribution >= 4 is 11.6 Å². The molecule has 3 heteroatoms. The minimum Gasteiger partial charge on any atom is -0.399 e. The monoisotopic (exact) mass is 234 g/mol. The molecule has 1 unspecified atom stereocenters. The van der Waals surface area contributed by atoms with Crippen LogP contribution in [0.5, 0.6) is 0 Å². The van der Waals surface area contributed by atoms with Gasteiger partial charge in [-0.05, 0) is 29.5 Å². The van der Waals surface area contributed by atoms with Gasteiger partial charge in [0.05, 0.1) is 0 Å². The summed E-state index contributed by atoms with van der Waals surface area (Å²) in [6.45, 7) is 9.33. The van der Waals surface area contributed by atoms with Gasteiger partial charge < -0.3 is 11.1 Å². The molecule has 0 heterocycles. The molecule has 1 aromatic carbocycles. The van der Waals surface area contributed by atoms with Crippen molar-refractivity contribution in [1.82, 2.24) is 5.32 Å². The number of carbonyl (C=O) groups is 1. The second kappa shape index (κ2) is 5.21. The van der Waals surface area contributed by atoms with Crippen LogP contribution >= 0.6 is 0 Å². The second-order valence-electron chi connectivity index (χ2n) is 5.60. The molecule has 3 N–H and O–H groups in total. The highest BCUT2D eigenvalue weighted by molar-refractivity contribution is 5.94. The number of hydrogen-bond donors (Lipinski definition) is 2. The molecule has 0 bridgehead atoms. The van der Waals surface area contributed by atoms with Crippen molar-refractivity contribution in [2.45, 2.75) is 27.7 Å². The topological polar surface area (TPSA) is 55.1 Å². The predicted octanol–water partition coefficient (Wildman–Crippen LogP) is 2.68. The van der Waals surface area contributed by atoms with E-state index in [9.17, 15) is 4.79 Å². The van der Waals surface area contributed by atoms with E-state index in [0.29, 0.717) is 23.7 Å². The maximum atomic E-state index is 11.9. The molecule has 1 aromatic rings. The van der Waals surface area contributed by atoms with Gasteiger partial charge in [-0.25, -0.2) is 0 Å². The summed E-state index contributed by atoms with van der Waals surface area (Å²) in [6.07, 6.45) is 0. The number of anilines is 1. The van der Waals surface area contributed by atoms with Crippen molar-refractivity contribution in [2.24, 2.45) is 11.3 Å². The highest BCUT2D eigenvalue weighted by Crippen LogP contribution is 2.24. The van der Waals surface area contributed by atoms with Gasteiger partial charge in [-0.2, -0.15) is 0 Å². The number of hydrogen-bond acceptors (Lipinski definition) is 2. The lowest BCUT2D eigenvalue weighted by molar-refractivity contribution is 0.0937. The van der Waals surface area contributed by atoms with Gasteiger partial charge in [-0.1, -0.05) is 33.8 Å². The molecular weight excluding hydrogens is 212 g/mol. The Morgan fingerprint density at radius 3 is 2.59 bits per heavy atom. The largest absolute Gasteiger partial charge is 0.399 e. The van der Waals surface area contributed by atoms with Gasteiger partial charge in [0.25, 0.3) is 5.91 Å². The number of nitrogens with two attached hydrogens (primary N) is 1. The molecule has 1 amide bonds. The van der Waals surface area contributed by atoms with E-state index in [1.165, 1.54) is 0 Å². The van der Waals surface area contributed by atoms with E-state index >= 15 is 0 Å². The van der Waals surface area contributed by atoms with Gasteiger partial charge in [-0.3, -0.25) is 4.79 Å². The maximum Gasteiger partial charge on any atom is 0.251 e. The molecule has 0 aliphatic rings. The summed E-state index contributed by atoms with van der Waals surface area (Å²) < 4.78 is 0. The fourth-order valence-corrected chi connectivity index (χ4v) is 1.33. The average molecular weight is 234 g/mol. The summed E-state index contributed by atoms with van der Waals surface area (Å²) in [5.74, 6) is 0.362. The van der Waals surface area contributed by atoms with E-state index in [0.717, 1.165) is 0 Å².